The van der Waals surface area contributed by atoms with E-state index in [2.05, 4.69) is 32.8 Å². The Morgan fingerprint density at radius 2 is 1.48 bits per heavy atom. The maximum absolute atomic E-state index is 12.9. The van der Waals surface area contributed by atoms with Crippen molar-refractivity contribution in [3.05, 3.63) is 29.8 Å². The fraction of sp³-hybridized carbons (Fsp3) is 0.714. The highest BCUT2D eigenvalue weighted by molar-refractivity contribution is 7.89. The van der Waals surface area contributed by atoms with Crippen LogP contribution in [-0.4, -0.2) is 48.1 Å². The van der Waals surface area contributed by atoms with Gasteiger partial charge in [0.2, 0.25) is 10.0 Å². The molecule has 0 saturated carbocycles. The normalized spacial score (nSPS) is 24.8. The van der Waals surface area contributed by atoms with Gasteiger partial charge in [-0.2, -0.15) is 9.37 Å². The van der Waals surface area contributed by atoms with Gasteiger partial charge < -0.3 is 0 Å². The van der Waals surface area contributed by atoms with E-state index in [9.17, 15) is 8.42 Å². The van der Waals surface area contributed by atoms with Gasteiger partial charge in [-0.05, 0) is 78.9 Å². The van der Waals surface area contributed by atoms with Crippen LogP contribution in [0, 0.1) is 6.92 Å². The van der Waals surface area contributed by atoms with Crippen molar-refractivity contribution < 1.29 is 13.3 Å². The van der Waals surface area contributed by atoms with Crippen LogP contribution in [0.4, 0.5) is 0 Å². The van der Waals surface area contributed by atoms with Crippen LogP contribution in [0.15, 0.2) is 29.2 Å². The minimum atomic E-state index is -3.42. The van der Waals surface area contributed by atoms with Gasteiger partial charge in [0.15, 0.2) is 0 Å². The monoisotopic (exact) mass is 394 g/mol. The van der Waals surface area contributed by atoms with Crippen LogP contribution >= 0.6 is 0 Å². The molecule has 0 N–H and O–H groups in total. The number of nitrogens with zero attached hydrogens (tertiary/aromatic N) is 2. The number of rotatable bonds is 4. The van der Waals surface area contributed by atoms with Crippen molar-refractivity contribution in [3.63, 3.8) is 0 Å². The summed E-state index contributed by atoms with van der Waals surface area (Å²) < 4.78 is 27.4. The molecule has 2 fully saturated rings. The van der Waals surface area contributed by atoms with Crippen LogP contribution < -0.4 is 0 Å². The molecule has 0 bridgehead atoms. The number of hydrogen-bond donors (Lipinski definition) is 0. The molecule has 0 atom stereocenters. The zero-order valence-corrected chi connectivity index (χ0v) is 18.2. The summed E-state index contributed by atoms with van der Waals surface area (Å²) in [6.07, 6.45) is 4.99. The minimum absolute atomic E-state index is 0.00680. The predicted molar refractivity (Wildman–Crippen MR) is 108 cm³/mol. The molecular formula is C21H34N2O3S. The second-order valence-electron chi connectivity index (χ2n) is 9.29. The summed E-state index contributed by atoms with van der Waals surface area (Å²) >= 11 is 0. The molecule has 2 saturated heterocycles. The standard InChI is InChI=1S/C21H34N2O3S/c1-17-7-9-19(10-8-17)27(24,25)22-15-11-18(12-16-22)26-23-20(2,3)13-6-14-21(23,4)5/h7-10,18H,6,11-16H2,1-5H3. The molecule has 6 heteroatoms. The molecule has 2 aliphatic rings. The quantitative estimate of drug-likeness (QED) is 0.771. The van der Waals surface area contributed by atoms with Crippen molar-refractivity contribution in [1.82, 2.24) is 9.37 Å². The predicted octanol–water partition coefficient (Wildman–Crippen LogP) is 4.12. The fourth-order valence-corrected chi connectivity index (χ4v) is 5.92. The molecule has 2 aliphatic heterocycles. The summed E-state index contributed by atoms with van der Waals surface area (Å²) in [6, 6.07) is 7.10. The lowest BCUT2D eigenvalue weighted by Crippen LogP contribution is -2.59. The Balaban J connectivity index is 1.64. The Kier molecular flexibility index (Phi) is 5.75. The van der Waals surface area contributed by atoms with E-state index in [0.717, 1.165) is 31.2 Å². The zero-order valence-electron chi connectivity index (χ0n) is 17.4. The number of hydroxylamine groups is 2. The van der Waals surface area contributed by atoms with Crippen molar-refractivity contribution in [1.29, 1.82) is 0 Å². The molecule has 1 aromatic carbocycles. The van der Waals surface area contributed by atoms with Gasteiger partial charge in [0, 0.05) is 24.2 Å². The molecule has 2 heterocycles. The average molecular weight is 395 g/mol. The van der Waals surface area contributed by atoms with Gasteiger partial charge in [0.05, 0.1) is 11.0 Å². The van der Waals surface area contributed by atoms with E-state index in [4.69, 9.17) is 4.84 Å². The summed E-state index contributed by atoms with van der Waals surface area (Å²) in [5, 5.41) is 2.19. The zero-order chi connectivity index (χ0) is 19.9. The third-order valence-electron chi connectivity index (χ3n) is 5.99. The van der Waals surface area contributed by atoms with Crippen molar-refractivity contribution in [2.75, 3.05) is 13.1 Å². The Morgan fingerprint density at radius 3 is 2.00 bits per heavy atom. The Bertz CT molecular complexity index is 732. The first-order valence-electron chi connectivity index (χ1n) is 10.1. The summed E-state index contributed by atoms with van der Waals surface area (Å²) in [4.78, 5) is 6.84. The lowest BCUT2D eigenvalue weighted by atomic mass is 9.82. The molecule has 1 aromatic rings. The molecule has 0 unspecified atom stereocenters. The number of benzene rings is 1. The SMILES string of the molecule is Cc1ccc(S(=O)(=O)N2CCC(ON3C(C)(C)CCCC3(C)C)CC2)cc1. The molecule has 0 aliphatic carbocycles. The van der Waals surface area contributed by atoms with Gasteiger partial charge in [-0.3, -0.25) is 4.84 Å². The molecular weight excluding hydrogens is 360 g/mol. The van der Waals surface area contributed by atoms with Gasteiger partial charge in [-0.25, -0.2) is 8.42 Å². The van der Waals surface area contributed by atoms with Crippen molar-refractivity contribution >= 4 is 10.0 Å². The van der Waals surface area contributed by atoms with Crippen LogP contribution in [0.5, 0.6) is 0 Å². The van der Waals surface area contributed by atoms with Crippen LogP contribution in [-0.2, 0) is 14.9 Å². The van der Waals surface area contributed by atoms with Crippen LogP contribution in [0.25, 0.3) is 0 Å². The lowest BCUT2D eigenvalue weighted by Gasteiger charge is -2.53. The topological polar surface area (TPSA) is 49.9 Å². The second-order valence-corrected chi connectivity index (χ2v) is 11.2. The van der Waals surface area contributed by atoms with Crippen LogP contribution in [0.2, 0.25) is 0 Å². The number of aryl methyl sites for hydroxylation is 1. The second kappa shape index (κ2) is 7.47. The van der Waals surface area contributed by atoms with Crippen molar-refractivity contribution in [2.24, 2.45) is 0 Å². The minimum Gasteiger partial charge on any atom is -0.295 e. The van der Waals surface area contributed by atoms with Gasteiger partial charge in [0.25, 0.3) is 0 Å². The van der Waals surface area contributed by atoms with Crippen molar-refractivity contribution in [2.45, 2.75) is 88.8 Å². The maximum atomic E-state index is 12.9. The third-order valence-corrected chi connectivity index (χ3v) is 7.90. The van der Waals surface area contributed by atoms with E-state index in [1.54, 1.807) is 16.4 Å². The van der Waals surface area contributed by atoms with Crippen LogP contribution in [0.1, 0.15) is 65.4 Å². The fourth-order valence-electron chi connectivity index (χ4n) is 4.45. The number of piperidine rings is 2. The molecule has 0 spiro atoms. The average Bonchev–Trinajstić information content (AvgIpc) is 2.59. The molecule has 27 heavy (non-hydrogen) atoms. The van der Waals surface area contributed by atoms with Gasteiger partial charge in [-0.15, -0.1) is 0 Å². The van der Waals surface area contributed by atoms with E-state index >= 15 is 0 Å². The number of hydrogen-bond acceptors (Lipinski definition) is 4. The highest BCUT2D eigenvalue weighted by Gasteiger charge is 2.44. The summed E-state index contributed by atoms with van der Waals surface area (Å²) in [5.74, 6) is 0. The largest absolute Gasteiger partial charge is 0.295 e. The third kappa shape index (κ3) is 4.39. The highest BCUT2D eigenvalue weighted by atomic mass is 32.2. The van der Waals surface area contributed by atoms with Crippen molar-refractivity contribution in [3.8, 4) is 0 Å². The Morgan fingerprint density at radius 1 is 0.963 bits per heavy atom. The van der Waals surface area contributed by atoms with Gasteiger partial charge >= 0.3 is 0 Å². The van der Waals surface area contributed by atoms with Gasteiger partial charge in [0.1, 0.15) is 0 Å². The first-order valence-corrected chi connectivity index (χ1v) is 11.5. The summed E-state index contributed by atoms with van der Waals surface area (Å²) in [7, 11) is -3.42. The lowest BCUT2D eigenvalue weighted by molar-refractivity contribution is -0.308. The highest BCUT2D eigenvalue weighted by Crippen LogP contribution is 2.39. The molecule has 0 amide bonds. The van der Waals surface area contributed by atoms with E-state index in [1.807, 2.05) is 19.1 Å². The molecule has 0 radical (unpaired) electrons. The first-order chi connectivity index (χ1) is 12.5. The van der Waals surface area contributed by atoms with E-state index < -0.39 is 10.0 Å². The Hall–Kier alpha value is -0.950. The summed E-state index contributed by atoms with van der Waals surface area (Å²) in [6.45, 7) is 11.9. The van der Waals surface area contributed by atoms with Gasteiger partial charge in [-0.1, -0.05) is 17.7 Å². The smallest absolute Gasteiger partial charge is 0.243 e. The Labute approximate surface area is 164 Å². The molecule has 0 aromatic heterocycles. The van der Waals surface area contributed by atoms with E-state index in [1.165, 1.54) is 6.42 Å². The molecule has 5 nitrogen and oxygen atoms in total. The van der Waals surface area contributed by atoms with Crippen LogP contribution in [0.3, 0.4) is 0 Å². The van der Waals surface area contributed by atoms with E-state index in [0.29, 0.717) is 18.0 Å². The number of sulfonamides is 1. The van der Waals surface area contributed by atoms with E-state index in [-0.39, 0.29) is 17.2 Å². The summed E-state index contributed by atoms with van der Waals surface area (Å²) in [5.41, 5.74) is 1.08. The maximum Gasteiger partial charge on any atom is 0.243 e. The molecule has 152 valence electrons. The first kappa shape index (κ1) is 20.8. The molecule has 3 rings (SSSR count).